The number of nitrogens with one attached hydrogen (secondary N) is 2. The van der Waals surface area contributed by atoms with Gasteiger partial charge in [0, 0.05) is 6.20 Å². The molecule has 0 aliphatic rings. The van der Waals surface area contributed by atoms with Crippen molar-refractivity contribution in [2.45, 2.75) is 20.0 Å². The Morgan fingerprint density at radius 1 is 1.40 bits per heavy atom. The summed E-state index contributed by atoms with van der Waals surface area (Å²) < 4.78 is 31.3. The van der Waals surface area contributed by atoms with Crippen molar-refractivity contribution >= 4 is 28.0 Å². The smallest absolute Gasteiger partial charge is 0.422 e. The normalized spacial score (nSPS) is 10.9. The number of carbonyl (C=O) groups is 2. The van der Waals surface area contributed by atoms with Crippen LogP contribution in [-0.2, 0) is 14.9 Å². The summed E-state index contributed by atoms with van der Waals surface area (Å²) in [7, 11) is -4.31. The van der Waals surface area contributed by atoms with Gasteiger partial charge < -0.3 is 9.84 Å². The molecule has 3 N–H and O–H groups in total. The van der Waals surface area contributed by atoms with Crippen LogP contribution in [0.2, 0.25) is 0 Å². The molecule has 1 rings (SSSR count). The van der Waals surface area contributed by atoms with Gasteiger partial charge in [-0.3, -0.25) is 9.71 Å². The first-order valence-electron chi connectivity index (χ1n) is 5.40. The second-order valence-corrected chi connectivity index (χ2v) is 5.30. The molecule has 0 saturated carbocycles. The number of nitrogens with zero attached hydrogens (tertiary/aromatic N) is 1. The summed E-state index contributed by atoms with van der Waals surface area (Å²) in [5, 5.41) is 8.89. The first-order valence-corrected chi connectivity index (χ1v) is 6.88. The van der Waals surface area contributed by atoms with Crippen LogP contribution in [0.25, 0.3) is 0 Å². The van der Waals surface area contributed by atoms with Gasteiger partial charge in [-0.2, -0.15) is 8.42 Å². The maximum atomic E-state index is 11.6. The van der Waals surface area contributed by atoms with Gasteiger partial charge in [-0.25, -0.2) is 14.3 Å². The van der Waals surface area contributed by atoms with E-state index in [1.165, 1.54) is 6.20 Å². The molecule has 9 nitrogen and oxygen atoms in total. The van der Waals surface area contributed by atoms with E-state index >= 15 is 0 Å². The van der Waals surface area contributed by atoms with Crippen LogP contribution < -0.4 is 9.44 Å². The second kappa shape index (κ2) is 6.19. The lowest BCUT2D eigenvalue weighted by Crippen LogP contribution is -2.37. The van der Waals surface area contributed by atoms with Gasteiger partial charge in [-0.05, 0) is 19.9 Å². The molecule has 0 aliphatic carbocycles. The van der Waals surface area contributed by atoms with Crippen LogP contribution >= 0.6 is 0 Å². The number of ether oxygens (including phenoxy) is 1. The minimum atomic E-state index is -4.31. The number of aromatic carboxylic acids is 1. The molecular formula is C10H13N3O6S. The fourth-order valence-corrected chi connectivity index (χ4v) is 1.95. The molecule has 10 heteroatoms. The fraction of sp³-hybridized carbons (Fsp3) is 0.300. The summed E-state index contributed by atoms with van der Waals surface area (Å²) in [6, 6.07) is 1.12. The van der Waals surface area contributed by atoms with Crippen LogP contribution in [0.5, 0.6) is 0 Å². The number of amides is 1. The number of pyridine rings is 1. The van der Waals surface area contributed by atoms with E-state index in [1.54, 1.807) is 18.6 Å². The van der Waals surface area contributed by atoms with Crippen LogP contribution in [0.3, 0.4) is 0 Å². The topological polar surface area (TPSA) is 135 Å². The number of carboxylic acids is 1. The van der Waals surface area contributed by atoms with Gasteiger partial charge in [-0.1, -0.05) is 0 Å². The highest BCUT2D eigenvalue weighted by Crippen LogP contribution is 2.14. The van der Waals surface area contributed by atoms with E-state index in [-0.39, 0.29) is 11.3 Å². The van der Waals surface area contributed by atoms with E-state index in [0.717, 1.165) is 12.3 Å². The van der Waals surface area contributed by atoms with E-state index in [2.05, 4.69) is 9.72 Å². The largest absolute Gasteiger partial charge is 0.478 e. The Balaban J connectivity index is 2.87. The maximum Gasteiger partial charge on any atom is 0.422 e. The van der Waals surface area contributed by atoms with E-state index in [4.69, 9.17) is 5.11 Å². The summed E-state index contributed by atoms with van der Waals surface area (Å²) in [6.45, 7) is 3.09. The molecule has 0 spiro atoms. The average Bonchev–Trinajstić information content (AvgIpc) is 2.26. The molecule has 0 aromatic carbocycles. The molecule has 110 valence electrons. The minimum Gasteiger partial charge on any atom is -0.478 e. The first-order chi connectivity index (χ1) is 9.21. The van der Waals surface area contributed by atoms with Gasteiger partial charge in [-0.15, -0.1) is 0 Å². The number of hydrogen-bond donors (Lipinski definition) is 3. The van der Waals surface area contributed by atoms with Crippen LogP contribution in [0.4, 0.5) is 10.5 Å². The van der Waals surface area contributed by atoms with Crippen molar-refractivity contribution in [3.05, 3.63) is 24.0 Å². The predicted molar refractivity (Wildman–Crippen MR) is 68.5 cm³/mol. The Morgan fingerprint density at radius 3 is 2.60 bits per heavy atom. The van der Waals surface area contributed by atoms with E-state index < -0.39 is 28.4 Å². The lowest BCUT2D eigenvalue weighted by molar-refractivity contribution is 0.0697. The molecular weight excluding hydrogens is 290 g/mol. The molecule has 1 aromatic heterocycles. The van der Waals surface area contributed by atoms with Crippen LogP contribution in [-0.4, -0.2) is 36.7 Å². The number of carbonyl (C=O) groups excluding carboxylic acids is 1. The van der Waals surface area contributed by atoms with E-state index in [0.29, 0.717) is 0 Å². The molecule has 1 aromatic rings. The summed E-state index contributed by atoms with van der Waals surface area (Å²) in [5.41, 5.74) is -0.576. The van der Waals surface area contributed by atoms with Crippen LogP contribution in [0, 0.1) is 0 Å². The molecule has 1 amide bonds. The molecule has 0 fully saturated rings. The molecule has 20 heavy (non-hydrogen) atoms. The number of aromatic nitrogens is 1. The maximum absolute atomic E-state index is 11.6. The van der Waals surface area contributed by atoms with Crippen LogP contribution in [0.15, 0.2) is 18.5 Å². The van der Waals surface area contributed by atoms with Crippen molar-refractivity contribution in [3.8, 4) is 0 Å². The Kier molecular flexibility index (Phi) is 4.86. The predicted octanol–water partition coefficient (Wildman–Crippen LogP) is 0.571. The van der Waals surface area contributed by atoms with Crippen molar-refractivity contribution in [3.63, 3.8) is 0 Å². The quantitative estimate of drug-likeness (QED) is 0.723. The SMILES string of the molecule is CC(C)OC(=O)NS(=O)(=O)Nc1cnccc1C(=O)O. The number of anilines is 1. The van der Waals surface area contributed by atoms with Crippen molar-refractivity contribution in [1.29, 1.82) is 0 Å². The van der Waals surface area contributed by atoms with E-state index in [1.807, 2.05) is 4.72 Å². The Labute approximate surface area is 115 Å². The zero-order chi connectivity index (χ0) is 15.3. The summed E-state index contributed by atoms with van der Waals surface area (Å²) >= 11 is 0. The van der Waals surface area contributed by atoms with Crippen molar-refractivity contribution in [1.82, 2.24) is 9.71 Å². The highest BCUT2D eigenvalue weighted by molar-refractivity contribution is 7.91. The summed E-state index contributed by atoms with van der Waals surface area (Å²) in [4.78, 5) is 25.7. The molecule has 0 bridgehead atoms. The highest BCUT2D eigenvalue weighted by atomic mass is 32.2. The van der Waals surface area contributed by atoms with Gasteiger partial charge in [0.05, 0.1) is 23.6 Å². The Morgan fingerprint density at radius 2 is 2.05 bits per heavy atom. The van der Waals surface area contributed by atoms with Crippen molar-refractivity contribution in [2.24, 2.45) is 0 Å². The fourth-order valence-electron chi connectivity index (χ4n) is 1.18. The standard InChI is InChI=1S/C10H13N3O6S/c1-6(2)19-10(16)13-20(17,18)12-8-5-11-4-3-7(8)9(14)15/h3-6,12H,1-2H3,(H,13,16)(H,14,15). The van der Waals surface area contributed by atoms with Crippen molar-refractivity contribution in [2.75, 3.05) is 4.72 Å². The number of carboxylic acid groups (broad SMARTS) is 1. The third kappa shape index (κ3) is 4.72. The molecule has 0 saturated heterocycles. The van der Waals surface area contributed by atoms with E-state index in [9.17, 15) is 18.0 Å². The van der Waals surface area contributed by atoms with Gasteiger partial charge in [0.1, 0.15) is 0 Å². The van der Waals surface area contributed by atoms with Gasteiger partial charge >= 0.3 is 22.3 Å². The monoisotopic (exact) mass is 303 g/mol. The minimum absolute atomic E-state index is 0.273. The lowest BCUT2D eigenvalue weighted by Gasteiger charge is -2.12. The first kappa shape index (κ1) is 15.7. The van der Waals surface area contributed by atoms with Gasteiger partial charge in [0.2, 0.25) is 0 Å². The number of rotatable bonds is 5. The van der Waals surface area contributed by atoms with Gasteiger partial charge in [0.25, 0.3) is 0 Å². The third-order valence-corrected chi connectivity index (χ3v) is 2.78. The third-order valence-electron chi connectivity index (χ3n) is 1.86. The van der Waals surface area contributed by atoms with Crippen molar-refractivity contribution < 1.29 is 27.9 Å². The Hall–Kier alpha value is -2.36. The molecule has 0 aliphatic heterocycles. The second-order valence-electron chi connectivity index (χ2n) is 3.89. The highest BCUT2D eigenvalue weighted by Gasteiger charge is 2.19. The molecule has 0 unspecified atom stereocenters. The lowest BCUT2D eigenvalue weighted by atomic mass is 10.2. The van der Waals surface area contributed by atoms with Gasteiger partial charge in [0.15, 0.2) is 0 Å². The zero-order valence-electron chi connectivity index (χ0n) is 10.7. The zero-order valence-corrected chi connectivity index (χ0v) is 11.5. The number of hydrogen-bond acceptors (Lipinski definition) is 6. The molecule has 1 heterocycles. The summed E-state index contributed by atoms with van der Waals surface area (Å²) in [5.74, 6) is -1.34. The van der Waals surface area contributed by atoms with Crippen LogP contribution in [0.1, 0.15) is 24.2 Å². The Bertz CT molecular complexity index is 613. The molecule has 0 radical (unpaired) electrons. The molecule has 0 atom stereocenters. The average molecular weight is 303 g/mol. The summed E-state index contributed by atoms with van der Waals surface area (Å²) in [6.07, 6.45) is 0.532.